The van der Waals surface area contributed by atoms with Gasteiger partial charge >= 0.3 is 5.97 Å². The fourth-order valence-electron chi connectivity index (χ4n) is 2.35. The highest BCUT2D eigenvalue weighted by Crippen LogP contribution is 2.25. The van der Waals surface area contributed by atoms with Crippen LogP contribution in [0.15, 0.2) is 24.3 Å². The van der Waals surface area contributed by atoms with Gasteiger partial charge in [0.05, 0.1) is 11.4 Å². The summed E-state index contributed by atoms with van der Waals surface area (Å²) in [5.41, 5.74) is 3.84. The average molecular weight is 258 g/mol. The molecule has 0 atom stereocenters. The van der Waals surface area contributed by atoms with Crippen LogP contribution in [0, 0.1) is 13.8 Å². The first-order valence-electron chi connectivity index (χ1n) is 6.31. The second-order valence-corrected chi connectivity index (χ2v) is 5.07. The number of carboxylic acid groups (broad SMARTS) is 1. The molecule has 4 nitrogen and oxygen atoms in total. The van der Waals surface area contributed by atoms with E-state index in [2.05, 4.69) is 5.10 Å². The van der Waals surface area contributed by atoms with Crippen LogP contribution >= 0.6 is 0 Å². The minimum atomic E-state index is -0.981. The molecular formula is C15H18N2O2. The summed E-state index contributed by atoms with van der Waals surface area (Å²) in [6.45, 7) is 7.91. The molecule has 0 saturated heterocycles. The molecule has 0 aliphatic carbocycles. The third kappa shape index (κ3) is 2.38. The maximum Gasteiger partial charge on any atom is 0.356 e. The van der Waals surface area contributed by atoms with E-state index in [0.29, 0.717) is 0 Å². The van der Waals surface area contributed by atoms with Crippen LogP contribution in [0.1, 0.15) is 47.1 Å². The quantitative estimate of drug-likeness (QED) is 0.918. The van der Waals surface area contributed by atoms with Crippen molar-refractivity contribution in [2.24, 2.45) is 0 Å². The molecule has 0 spiro atoms. The molecule has 2 aromatic rings. The molecule has 0 aliphatic rings. The number of aromatic carboxylic acids is 1. The maximum absolute atomic E-state index is 11.2. The Balaban J connectivity index is 2.69. The number of nitrogens with zero attached hydrogens (tertiary/aromatic N) is 2. The lowest BCUT2D eigenvalue weighted by molar-refractivity contribution is 0.0689. The zero-order chi connectivity index (χ0) is 14.2. The first-order valence-corrected chi connectivity index (χ1v) is 6.31. The third-order valence-corrected chi connectivity index (χ3v) is 3.16. The molecule has 0 fully saturated rings. The van der Waals surface area contributed by atoms with E-state index in [4.69, 9.17) is 0 Å². The Morgan fingerprint density at radius 3 is 2.53 bits per heavy atom. The van der Waals surface area contributed by atoms with E-state index in [1.165, 1.54) is 0 Å². The highest BCUT2D eigenvalue weighted by Gasteiger charge is 2.21. The van der Waals surface area contributed by atoms with Crippen LogP contribution in [0.2, 0.25) is 0 Å². The van der Waals surface area contributed by atoms with Crippen LogP contribution in [0.3, 0.4) is 0 Å². The van der Waals surface area contributed by atoms with E-state index in [0.717, 1.165) is 22.5 Å². The Labute approximate surface area is 112 Å². The van der Waals surface area contributed by atoms with Crippen molar-refractivity contribution in [2.45, 2.75) is 33.6 Å². The first-order chi connectivity index (χ1) is 8.91. The zero-order valence-electron chi connectivity index (χ0n) is 11.6. The van der Waals surface area contributed by atoms with Gasteiger partial charge in [0.1, 0.15) is 0 Å². The number of rotatable bonds is 3. The SMILES string of the molecule is Cc1cccc(-n2nc(C(=O)O)c(C)c2C(C)C)c1. The first kappa shape index (κ1) is 13.3. The molecular weight excluding hydrogens is 240 g/mol. The predicted octanol–water partition coefficient (Wildman–Crippen LogP) is 3.31. The number of carbonyl (C=O) groups is 1. The zero-order valence-corrected chi connectivity index (χ0v) is 11.6. The standard InChI is InChI=1S/C15H18N2O2/c1-9(2)14-11(4)13(15(18)19)16-17(14)12-7-5-6-10(3)8-12/h5-9H,1-4H3,(H,18,19). The van der Waals surface area contributed by atoms with E-state index in [1.54, 1.807) is 4.68 Å². The van der Waals surface area contributed by atoms with E-state index in [9.17, 15) is 9.90 Å². The van der Waals surface area contributed by atoms with Crippen LogP contribution in [0.5, 0.6) is 0 Å². The number of benzene rings is 1. The van der Waals surface area contributed by atoms with Gasteiger partial charge in [-0.25, -0.2) is 9.48 Å². The van der Waals surface area contributed by atoms with E-state index < -0.39 is 5.97 Å². The molecule has 1 aromatic carbocycles. The summed E-state index contributed by atoms with van der Waals surface area (Å²) in [5.74, 6) is -0.771. The van der Waals surface area contributed by atoms with Crippen molar-refractivity contribution in [3.63, 3.8) is 0 Å². The van der Waals surface area contributed by atoms with Gasteiger partial charge in [-0.3, -0.25) is 0 Å². The van der Waals surface area contributed by atoms with Gasteiger partial charge in [-0.05, 0) is 37.5 Å². The Morgan fingerprint density at radius 2 is 2.00 bits per heavy atom. The van der Waals surface area contributed by atoms with Crippen molar-refractivity contribution < 1.29 is 9.90 Å². The second-order valence-electron chi connectivity index (χ2n) is 5.07. The van der Waals surface area contributed by atoms with Gasteiger partial charge in [-0.1, -0.05) is 26.0 Å². The molecule has 0 aliphatic heterocycles. The normalized spacial score (nSPS) is 11.0. The Kier molecular flexibility index (Phi) is 3.42. The van der Waals surface area contributed by atoms with Crippen molar-refractivity contribution in [3.05, 3.63) is 46.8 Å². The van der Waals surface area contributed by atoms with Gasteiger partial charge in [0.25, 0.3) is 0 Å². The van der Waals surface area contributed by atoms with Gasteiger partial charge in [0, 0.05) is 5.56 Å². The summed E-state index contributed by atoms with van der Waals surface area (Å²) in [6, 6.07) is 7.90. The van der Waals surface area contributed by atoms with Crippen LogP contribution < -0.4 is 0 Å². The molecule has 100 valence electrons. The van der Waals surface area contributed by atoms with E-state index in [-0.39, 0.29) is 11.6 Å². The predicted molar refractivity (Wildman–Crippen MR) is 74.1 cm³/mol. The van der Waals surface area contributed by atoms with Crippen molar-refractivity contribution in [2.75, 3.05) is 0 Å². The largest absolute Gasteiger partial charge is 0.476 e. The smallest absolute Gasteiger partial charge is 0.356 e. The summed E-state index contributed by atoms with van der Waals surface area (Å²) >= 11 is 0. The van der Waals surface area contributed by atoms with E-state index >= 15 is 0 Å². The van der Waals surface area contributed by atoms with Crippen molar-refractivity contribution in [1.29, 1.82) is 0 Å². The van der Waals surface area contributed by atoms with Gasteiger partial charge in [0.15, 0.2) is 5.69 Å². The third-order valence-electron chi connectivity index (χ3n) is 3.16. The minimum Gasteiger partial charge on any atom is -0.476 e. The molecule has 4 heteroatoms. The topological polar surface area (TPSA) is 55.1 Å². The number of carboxylic acids is 1. The average Bonchev–Trinajstić information content (AvgIpc) is 2.67. The Hall–Kier alpha value is -2.10. The highest BCUT2D eigenvalue weighted by atomic mass is 16.4. The van der Waals surface area contributed by atoms with E-state index in [1.807, 2.05) is 52.0 Å². The number of aromatic nitrogens is 2. The highest BCUT2D eigenvalue weighted by molar-refractivity contribution is 5.87. The molecule has 19 heavy (non-hydrogen) atoms. The molecule has 0 saturated carbocycles. The molecule has 0 unspecified atom stereocenters. The molecule has 1 aromatic heterocycles. The summed E-state index contributed by atoms with van der Waals surface area (Å²) in [5, 5.41) is 13.5. The summed E-state index contributed by atoms with van der Waals surface area (Å²) < 4.78 is 1.75. The van der Waals surface area contributed by atoms with Crippen molar-refractivity contribution in [1.82, 2.24) is 9.78 Å². The van der Waals surface area contributed by atoms with Gasteiger partial charge < -0.3 is 5.11 Å². The minimum absolute atomic E-state index is 0.130. The van der Waals surface area contributed by atoms with Crippen LogP contribution in [-0.4, -0.2) is 20.9 Å². The molecule has 0 radical (unpaired) electrons. The summed E-state index contributed by atoms with van der Waals surface area (Å²) in [6.07, 6.45) is 0. The maximum atomic E-state index is 11.2. The molecule has 1 N–H and O–H groups in total. The summed E-state index contributed by atoms with van der Waals surface area (Å²) in [7, 11) is 0. The lowest BCUT2D eigenvalue weighted by atomic mass is 10.0. The fourth-order valence-corrected chi connectivity index (χ4v) is 2.35. The van der Waals surface area contributed by atoms with Crippen LogP contribution in [0.4, 0.5) is 0 Å². The molecule has 0 amide bonds. The molecule has 0 bridgehead atoms. The lowest BCUT2D eigenvalue weighted by Crippen LogP contribution is -2.05. The lowest BCUT2D eigenvalue weighted by Gasteiger charge is -2.11. The molecule has 1 heterocycles. The van der Waals surface area contributed by atoms with Crippen LogP contribution in [-0.2, 0) is 0 Å². The summed E-state index contributed by atoms with van der Waals surface area (Å²) in [4.78, 5) is 11.2. The molecule has 2 rings (SSSR count). The fraction of sp³-hybridized carbons (Fsp3) is 0.333. The van der Waals surface area contributed by atoms with Gasteiger partial charge in [-0.15, -0.1) is 0 Å². The Morgan fingerprint density at radius 1 is 1.32 bits per heavy atom. The van der Waals surface area contributed by atoms with Crippen molar-refractivity contribution >= 4 is 5.97 Å². The van der Waals surface area contributed by atoms with Gasteiger partial charge in [0.2, 0.25) is 0 Å². The number of aryl methyl sites for hydroxylation is 1. The monoisotopic (exact) mass is 258 g/mol. The second kappa shape index (κ2) is 4.88. The van der Waals surface area contributed by atoms with Gasteiger partial charge in [-0.2, -0.15) is 5.10 Å². The number of hydrogen-bond donors (Lipinski definition) is 1. The van der Waals surface area contributed by atoms with Crippen LogP contribution in [0.25, 0.3) is 5.69 Å². The number of hydrogen-bond acceptors (Lipinski definition) is 2. The van der Waals surface area contributed by atoms with Crippen molar-refractivity contribution in [3.8, 4) is 5.69 Å². The Bertz CT molecular complexity index is 627.